The van der Waals surface area contributed by atoms with E-state index < -0.39 is 0 Å². The molecule has 0 fully saturated rings. The summed E-state index contributed by atoms with van der Waals surface area (Å²) < 4.78 is 1.15. The van der Waals surface area contributed by atoms with E-state index in [9.17, 15) is 5.11 Å². The van der Waals surface area contributed by atoms with Crippen LogP contribution in [0.4, 0.5) is 0 Å². The fourth-order valence-electron chi connectivity index (χ4n) is 1.33. The summed E-state index contributed by atoms with van der Waals surface area (Å²) in [6, 6.07) is 0. The van der Waals surface area contributed by atoms with E-state index in [-0.39, 0.29) is 11.8 Å². The fraction of sp³-hybridized carbons (Fsp3) is 0.429. The molecule has 0 saturated heterocycles. The lowest BCUT2D eigenvalue weighted by Gasteiger charge is -2.07. The van der Waals surface area contributed by atoms with Crippen LogP contribution in [0.25, 0.3) is 5.95 Å². The van der Waals surface area contributed by atoms with Crippen molar-refractivity contribution in [2.24, 2.45) is 0 Å². The van der Waals surface area contributed by atoms with E-state index in [2.05, 4.69) is 25.7 Å². The Labute approximate surface area is 79.8 Å². The van der Waals surface area contributed by atoms with Crippen LogP contribution >= 0.6 is 0 Å². The fourth-order valence-corrected chi connectivity index (χ4v) is 1.33. The van der Waals surface area contributed by atoms with Gasteiger partial charge in [-0.15, -0.1) is 5.10 Å². The van der Waals surface area contributed by atoms with Crippen molar-refractivity contribution in [3.05, 3.63) is 11.3 Å². The smallest absolute Gasteiger partial charge is 0.289 e. The highest BCUT2D eigenvalue weighted by Crippen LogP contribution is 2.19. The number of hydrogen-bond donors (Lipinski definition) is 1. The molecule has 2 aromatic rings. The Hall–Kier alpha value is -1.92. The maximum atomic E-state index is 11.7. The summed E-state index contributed by atoms with van der Waals surface area (Å²) in [7, 11) is 0. The third-order valence-electron chi connectivity index (χ3n) is 2.01. The predicted octanol–water partition coefficient (Wildman–Crippen LogP) is -0.670. The molecule has 0 aliphatic heterocycles. The van der Waals surface area contributed by atoms with Crippen LogP contribution in [-0.4, -0.2) is 30.4 Å². The second-order valence-corrected chi connectivity index (χ2v) is 2.85. The van der Waals surface area contributed by atoms with E-state index in [1.54, 1.807) is 6.92 Å². The molecular formula is C7H9N6O-. The number of nitrogens with one attached hydrogen (secondary N) is 1. The Kier molecular flexibility index (Phi) is 1.91. The number of aromatic nitrogens is 6. The van der Waals surface area contributed by atoms with Gasteiger partial charge in [0.25, 0.3) is 5.95 Å². The molecular weight excluding hydrogens is 184 g/mol. The van der Waals surface area contributed by atoms with E-state index >= 15 is 0 Å². The Morgan fingerprint density at radius 2 is 2.29 bits per heavy atom. The third-order valence-corrected chi connectivity index (χ3v) is 2.01. The number of nitrogens with zero attached hydrogens (tertiary/aromatic N) is 5. The summed E-state index contributed by atoms with van der Waals surface area (Å²) in [5.41, 5.74) is 1.40. The lowest BCUT2D eigenvalue weighted by atomic mass is 10.2. The zero-order chi connectivity index (χ0) is 10.1. The molecule has 74 valence electrons. The van der Waals surface area contributed by atoms with Crippen molar-refractivity contribution >= 4 is 0 Å². The van der Waals surface area contributed by atoms with Crippen molar-refractivity contribution in [1.29, 1.82) is 0 Å². The van der Waals surface area contributed by atoms with Crippen LogP contribution in [0, 0.1) is 6.92 Å². The van der Waals surface area contributed by atoms with Crippen molar-refractivity contribution in [1.82, 2.24) is 30.4 Å². The van der Waals surface area contributed by atoms with Crippen LogP contribution in [-0.2, 0) is 6.42 Å². The summed E-state index contributed by atoms with van der Waals surface area (Å²) in [5, 5.41) is 28.8. The van der Waals surface area contributed by atoms with Gasteiger partial charge in [-0.1, -0.05) is 12.0 Å². The molecule has 2 rings (SSSR count). The van der Waals surface area contributed by atoms with E-state index in [1.165, 1.54) is 0 Å². The van der Waals surface area contributed by atoms with Gasteiger partial charge in [-0.2, -0.15) is 10.3 Å². The summed E-state index contributed by atoms with van der Waals surface area (Å²) >= 11 is 0. The van der Waals surface area contributed by atoms with E-state index in [4.69, 9.17) is 0 Å². The number of aryl methyl sites for hydroxylation is 1. The van der Waals surface area contributed by atoms with Crippen molar-refractivity contribution in [2.75, 3.05) is 0 Å². The average Bonchev–Trinajstić information content (AvgIpc) is 2.74. The average molecular weight is 193 g/mol. The SMILES string of the molecule is CCc1c(C)nn(-c2nn[nH]n2)c1[O-]. The number of hydrogen-bond acceptors (Lipinski definition) is 5. The number of rotatable bonds is 2. The van der Waals surface area contributed by atoms with Gasteiger partial charge >= 0.3 is 0 Å². The molecule has 0 unspecified atom stereocenters. The second-order valence-electron chi connectivity index (χ2n) is 2.85. The maximum absolute atomic E-state index is 11.7. The van der Waals surface area contributed by atoms with E-state index in [0.717, 1.165) is 4.68 Å². The van der Waals surface area contributed by atoms with E-state index in [1.807, 2.05) is 6.92 Å². The summed E-state index contributed by atoms with van der Waals surface area (Å²) in [6.07, 6.45) is 0.655. The van der Waals surface area contributed by atoms with Crippen LogP contribution in [0.1, 0.15) is 18.2 Å². The van der Waals surface area contributed by atoms with Crippen molar-refractivity contribution in [3.63, 3.8) is 0 Å². The monoisotopic (exact) mass is 193 g/mol. The lowest BCUT2D eigenvalue weighted by Crippen LogP contribution is -2.06. The molecule has 2 heterocycles. The van der Waals surface area contributed by atoms with Crippen molar-refractivity contribution in [2.45, 2.75) is 20.3 Å². The molecule has 0 amide bonds. The second kappa shape index (κ2) is 3.09. The molecule has 14 heavy (non-hydrogen) atoms. The number of H-pyrrole nitrogens is 1. The van der Waals surface area contributed by atoms with Crippen LogP contribution < -0.4 is 5.11 Å². The van der Waals surface area contributed by atoms with Crippen LogP contribution in [0.3, 0.4) is 0 Å². The zero-order valence-electron chi connectivity index (χ0n) is 7.85. The van der Waals surface area contributed by atoms with Crippen molar-refractivity contribution in [3.8, 4) is 11.8 Å². The van der Waals surface area contributed by atoms with Gasteiger partial charge in [0.15, 0.2) is 0 Å². The highest BCUT2D eigenvalue weighted by Gasteiger charge is 2.09. The minimum atomic E-state index is -0.175. The first kappa shape index (κ1) is 8.67. The molecule has 0 aromatic carbocycles. The Morgan fingerprint density at radius 3 is 2.79 bits per heavy atom. The van der Waals surface area contributed by atoms with Gasteiger partial charge in [0, 0.05) is 0 Å². The molecule has 7 heteroatoms. The molecule has 0 atom stereocenters. The molecule has 2 aromatic heterocycles. The maximum Gasteiger partial charge on any atom is 0.289 e. The van der Waals surface area contributed by atoms with Crippen LogP contribution in [0.15, 0.2) is 0 Å². The summed E-state index contributed by atoms with van der Waals surface area (Å²) in [4.78, 5) is 0. The highest BCUT2D eigenvalue weighted by molar-refractivity contribution is 5.32. The Morgan fingerprint density at radius 1 is 1.50 bits per heavy atom. The molecule has 0 saturated carbocycles. The largest absolute Gasteiger partial charge is 0.858 e. The molecule has 7 nitrogen and oxygen atoms in total. The molecule has 0 aliphatic carbocycles. The zero-order valence-corrected chi connectivity index (χ0v) is 7.85. The Bertz CT molecular complexity index is 431. The van der Waals surface area contributed by atoms with Gasteiger partial charge < -0.3 is 5.11 Å². The first-order valence-corrected chi connectivity index (χ1v) is 4.23. The van der Waals surface area contributed by atoms with Crippen molar-refractivity contribution < 1.29 is 5.11 Å². The first-order chi connectivity index (χ1) is 6.74. The quantitative estimate of drug-likeness (QED) is 0.682. The third kappa shape index (κ3) is 1.13. The topological polar surface area (TPSA) is 95.3 Å². The highest BCUT2D eigenvalue weighted by atomic mass is 16.3. The lowest BCUT2D eigenvalue weighted by molar-refractivity contribution is -0.279. The normalized spacial score (nSPS) is 10.7. The van der Waals surface area contributed by atoms with Gasteiger partial charge in [-0.05, 0) is 30.0 Å². The molecule has 0 radical (unpaired) electrons. The molecule has 0 aliphatic rings. The first-order valence-electron chi connectivity index (χ1n) is 4.23. The van der Waals surface area contributed by atoms with Crippen LogP contribution in [0.5, 0.6) is 5.88 Å². The minimum absolute atomic E-state index is 0.175. The Balaban J connectivity index is 2.55. The van der Waals surface area contributed by atoms with Gasteiger partial charge in [0.2, 0.25) is 0 Å². The summed E-state index contributed by atoms with van der Waals surface area (Å²) in [5.74, 6) is 0.00389. The molecule has 1 N–H and O–H groups in total. The minimum Gasteiger partial charge on any atom is -0.858 e. The van der Waals surface area contributed by atoms with Gasteiger partial charge in [-0.3, -0.25) is 0 Å². The van der Waals surface area contributed by atoms with Gasteiger partial charge in [0.05, 0.1) is 5.69 Å². The van der Waals surface area contributed by atoms with Crippen LogP contribution in [0.2, 0.25) is 0 Å². The standard InChI is InChI=1S/C7H10N6O/c1-3-5-4(2)10-13(6(5)14)7-8-11-12-9-7/h14H,3H2,1-2H3,(H,8,9,11,12)/p-1. The molecule has 0 spiro atoms. The van der Waals surface area contributed by atoms with Gasteiger partial charge in [-0.25, -0.2) is 4.68 Å². The number of tetrazole rings is 1. The molecule has 0 bridgehead atoms. The predicted molar refractivity (Wildman–Crippen MR) is 44.9 cm³/mol. The summed E-state index contributed by atoms with van der Waals surface area (Å²) in [6.45, 7) is 3.70. The number of aromatic amines is 1. The van der Waals surface area contributed by atoms with E-state index in [0.29, 0.717) is 17.7 Å². The van der Waals surface area contributed by atoms with Gasteiger partial charge in [0.1, 0.15) is 0 Å².